The molecular weight excluding hydrogens is 281 g/mol. The highest BCUT2D eigenvalue weighted by atomic mass is 16.7. The van der Waals surface area contributed by atoms with Gasteiger partial charge < -0.3 is 19.2 Å². The monoisotopic (exact) mass is 305 g/mol. The Kier molecular flexibility index (Phi) is 3.84. The fraction of sp³-hybridized carbons (Fsp3) is 0.688. The van der Waals surface area contributed by atoms with E-state index in [2.05, 4.69) is 4.98 Å². The fourth-order valence-electron chi connectivity index (χ4n) is 2.82. The predicted molar refractivity (Wildman–Crippen MR) is 83.9 cm³/mol. The molecule has 22 heavy (non-hydrogen) atoms. The number of nitrogens with zero attached hydrogens (tertiary/aromatic N) is 1. The van der Waals surface area contributed by atoms with Crippen LogP contribution in [0, 0.1) is 0 Å². The number of aliphatic hydroxyl groups is 1. The van der Waals surface area contributed by atoms with Crippen molar-refractivity contribution in [2.75, 3.05) is 13.2 Å². The van der Waals surface area contributed by atoms with E-state index >= 15 is 0 Å². The Labute approximate surface area is 132 Å². The van der Waals surface area contributed by atoms with Crippen LogP contribution in [0.5, 0.6) is 0 Å². The summed E-state index contributed by atoms with van der Waals surface area (Å²) in [6, 6.07) is 1.94. The molecule has 2 aliphatic rings. The van der Waals surface area contributed by atoms with Crippen molar-refractivity contribution in [1.82, 2.24) is 4.98 Å². The standard InChI is InChI=1S/C16H24BNO4/c1-14(2)15(3,4)22-17(21-14)13-9-12(10-18-11-13)16(19)5-7-20-8-6-16/h9-11,19H,5-8H2,1-4H3. The molecule has 2 fully saturated rings. The molecule has 0 aliphatic carbocycles. The third-order valence-electron chi connectivity index (χ3n) is 5.14. The lowest BCUT2D eigenvalue weighted by atomic mass is 9.77. The van der Waals surface area contributed by atoms with Crippen molar-refractivity contribution < 1.29 is 19.2 Å². The van der Waals surface area contributed by atoms with Crippen molar-refractivity contribution >= 4 is 12.6 Å². The zero-order valence-corrected chi connectivity index (χ0v) is 13.8. The van der Waals surface area contributed by atoms with Gasteiger partial charge in [0.1, 0.15) is 0 Å². The summed E-state index contributed by atoms with van der Waals surface area (Å²) in [6.45, 7) is 9.23. The number of ether oxygens (including phenoxy) is 1. The Morgan fingerprint density at radius 1 is 1.05 bits per heavy atom. The first-order chi connectivity index (χ1) is 10.2. The smallest absolute Gasteiger partial charge is 0.399 e. The largest absolute Gasteiger partial charge is 0.496 e. The molecule has 120 valence electrons. The van der Waals surface area contributed by atoms with Gasteiger partial charge in [-0.15, -0.1) is 0 Å². The molecular formula is C16H24BNO4. The first-order valence-corrected chi connectivity index (χ1v) is 7.85. The molecule has 0 bridgehead atoms. The van der Waals surface area contributed by atoms with E-state index in [9.17, 15) is 5.11 Å². The Bertz CT molecular complexity index is 539. The summed E-state index contributed by atoms with van der Waals surface area (Å²) in [4.78, 5) is 4.28. The summed E-state index contributed by atoms with van der Waals surface area (Å²) in [5, 5.41) is 10.8. The molecule has 0 amide bonds. The lowest BCUT2D eigenvalue weighted by molar-refractivity contribution is -0.0680. The van der Waals surface area contributed by atoms with Crippen LogP contribution in [-0.4, -0.2) is 41.6 Å². The van der Waals surface area contributed by atoms with E-state index in [1.54, 1.807) is 12.4 Å². The van der Waals surface area contributed by atoms with E-state index in [0.717, 1.165) is 11.0 Å². The average molecular weight is 305 g/mol. The Hall–Kier alpha value is -0.945. The first-order valence-electron chi connectivity index (χ1n) is 7.85. The molecule has 0 unspecified atom stereocenters. The van der Waals surface area contributed by atoms with Crippen LogP contribution in [0.4, 0.5) is 0 Å². The maximum absolute atomic E-state index is 10.8. The topological polar surface area (TPSA) is 60.8 Å². The molecule has 5 nitrogen and oxygen atoms in total. The van der Waals surface area contributed by atoms with E-state index in [-0.39, 0.29) is 11.2 Å². The highest BCUT2D eigenvalue weighted by molar-refractivity contribution is 6.62. The van der Waals surface area contributed by atoms with Crippen LogP contribution in [0.15, 0.2) is 18.5 Å². The number of hydrogen-bond donors (Lipinski definition) is 1. The van der Waals surface area contributed by atoms with Crippen LogP contribution in [-0.2, 0) is 19.6 Å². The zero-order valence-electron chi connectivity index (χ0n) is 13.8. The number of aromatic nitrogens is 1. The third kappa shape index (κ3) is 2.69. The number of hydrogen-bond acceptors (Lipinski definition) is 5. The van der Waals surface area contributed by atoms with Gasteiger partial charge in [0.05, 0.1) is 16.8 Å². The quantitative estimate of drug-likeness (QED) is 0.837. The lowest BCUT2D eigenvalue weighted by Crippen LogP contribution is -2.41. The van der Waals surface area contributed by atoms with Crippen LogP contribution in [0.1, 0.15) is 46.1 Å². The van der Waals surface area contributed by atoms with Gasteiger partial charge in [0.15, 0.2) is 0 Å². The van der Waals surface area contributed by atoms with E-state index in [1.807, 2.05) is 33.8 Å². The van der Waals surface area contributed by atoms with Gasteiger partial charge in [-0.3, -0.25) is 4.98 Å². The summed E-state index contributed by atoms with van der Waals surface area (Å²) in [5.74, 6) is 0. The maximum Gasteiger partial charge on any atom is 0.496 e. The summed E-state index contributed by atoms with van der Waals surface area (Å²) in [5.41, 5.74) is 0.0105. The van der Waals surface area contributed by atoms with E-state index in [1.165, 1.54) is 0 Å². The molecule has 1 aromatic heterocycles. The summed E-state index contributed by atoms with van der Waals surface area (Å²) in [7, 11) is -0.458. The van der Waals surface area contributed by atoms with Crippen molar-refractivity contribution in [2.24, 2.45) is 0 Å². The van der Waals surface area contributed by atoms with Crippen molar-refractivity contribution in [3.63, 3.8) is 0 Å². The van der Waals surface area contributed by atoms with Gasteiger partial charge in [-0.2, -0.15) is 0 Å². The van der Waals surface area contributed by atoms with Gasteiger partial charge in [0.2, 0.25) is 0 Å². The molecule has 0 aromatic carbocycles. The van der Waals surface area contributed by atoms with Gasteiger partial charge in [0, 0.05) is 49.5 Å². The molecule has 1 aromatic rings. The molecule has 0 spiro atoms. The van der Waals surface area contributed by atoms with Gasteiger partial charge in [-0.05, 0) is 27.7 Å². The minimum absolute atomic E-state index is 0.386. The second kappa shape index (κ2) is 5.30. The second-order valence-electron chi connectivity index (χ2n) is 7.24. The minimum atomic E-state index is -0.870. The lowest BCUT2D eigenvalue weighted by Gasteiger charge is -2.32. The van der Waals surface area contributed by atoms with Crippen LogP contribution in [0.2, 0.25) is 0 Å². The van der Waals surface area contributed by atoms with Gasteiger partial charge in [-0.1, -0.05) is 6.07 Å². The molecule has 0 atom stereocenters. The highest BCUT2D eigenvalue weighted by Gasteiger charge is 2.52. The van der Waals surface area contributed by atoms with Crippen molar-refractivity contribution in [3.05, 3.63) is 24.0 Å². The molecule has 0 saturated carbocycles. The predicted octanol–water partition coefficient (Wildman–Crippen LogP) is 1.38. The molecule has 3 heterocycles. The molecule has 2 aliphatic heterocycles. The minimum Gasteiger partial charge on any atom is -0.399 e. The van der Waals surface area contributed by atoms with Crippen molar-refractivity contribution in [1.29, 1.82) is 0 Å². The molecule has 1 N–H and O–H groups in total. The van der Waals surface area contributed by atoms with Crippen LogP contribution in [0.3, 0.4) is 0 Å². The number of pyridine rings is 1. The van der Waals surface area contributed by atoms with E-state index in [0.29, 0.717) is 26.1 Å². The molecule has 0 radical (unpaired) electrons. The average Bonchev–Trinajstić information content (AvgIpc) is 2.69. The van der Waals surface area contributed by atoms with Crippen LogP contribution in [0.25, 0.3) is 0 Å². The van der Waals surface area contributed by atoms with Crippen molar-refractivity contribution in [2.45, 2.75) is 57.3 Å². The summed E-state index contributed by atoms with van der Waals surface area (Å²) >= 11 is 0. The van der Waals surface area contributed by atoms with Crippen molar-refractivity contribution in [3.8, 4) is 0 Å². The molecule has 2 saturated heterocycles. The van der Waals surface area contributed by atoms with Gasteiger partial charge in [-0.25, -0.2) is 0 Å². The Morgan fingerprint density at radius 2 is 1.64 bits per heavy atom. The van der Waals surface area contributed by atoms with Crippen LogP contribution >= 0.6 is 0 Å². The highest BCUT2D eigenvalue weighted by Crippen LogP contribution is 2.37. The number of rotatable bonds is 2. The van der Waals surface area contributed by atoms with E-state index in [4.69, 9.17) is 14.0 Å². The summed E-state index contributed by atoms with van der Waals surface area (Å²) in [6.07, 6.45) is 4.64. The zero-order chi connectivity index (χ0) is 16.0. The Balaban J connectivity index is 1.86. The Morgan fingerprint density at radius 3 is 2.23 bits per heavy atom. The molecule has 6 heteroatoms. The third-order valence-corrected chi connectivity index (χ3v) is 5.14. The van der Waals surface area contributed by atoms with Gasteiger partial charge in [0.25, 0.3) is 0 Å². The molecule has 3 rings (SSSR count). The van der Waals surface area contributed by atoms with E-state index < -0.39 is 12.7 Å². The first kappa shape index (κ1) is 15.9. The summed E-state index contributed by atoms with van der Waals surface area (Å²) < 4.78 is 17.5. The maximum atomic E-state index is 10.8. The second-order valence-corrected chi connectivity index (χ2v) is 7.24. The van der Waals surface area contributed by atoms with Gasteiger partial charge >= 0.3 is 7.12 Å². The SMILES string of the molecule is CC1(C)OB(c2cncc(C3(O)CCOCC3)c2)OC1(C)C. The normalized spacial score (nSPS) is 26.1. The van der Waals surface area contributed by atoms with Crippen LogP contribution < -0.4 is 5.46 Å². The fourth-order valence-corrected chi connectivity index (χ4v) is 2.82.